The van der Waals surface area contributed by atoms with Gasteiger partial charge >= 0.3 is 0 Å². The zero-order valence-electron chi connectivity index (χ0n) is 28.6. The molecule has 4 heteroatoms. The fourth-order valence-electron chi connectivity index (χ4n) is 8.82. The van der Waals surface area contributed by atoms with Crippen LogP contribution in [0.1, 0.15) is 22.3 Å². The largest absolute Gasteiger partial charge is 0.243 e. The summed E-state index contributed by atoms with van der Waals surface area (Å²) in [5, 5.41) is 2.15. The van der Waals surface area contributed by atoms with Gasteiger partial charge in [-0.2, -0.15) is 0 Å². The molecule has 0 N–H and O–H groups in total. The predicted octanol–water partition coefficient (Wildman–Crippen LogP) is 11.4. The van der Waals surface area contributed by atoms with E-state index in [0.29, 0.717) is 17.5 Å². The molecule has 9 aromatic rings. The molecule has 7 aromatic carbocycles. The first-order chi connectivity index (χ1) is 26.3. The molecule has 2 aliphatic carbocycles. The summed E-state index contributed by atoms with van der Waals surface area (Å²) in [6.07, 6.45) is 0. The van der Waals surface area contributed by atoms with Gasteiger partial charge in [0, 0.05) is 27.6 Å². The normalized spacial score (nSPS) is 13.1. The molecule has 0 radical (unpaired) electrons. The van der Waals surface area contributed by atoms with E-state index < -0.39 is 5.41 Å². The van der Waals surface area contributed by atoms with E-state index in [2.05, 4.69) is 152 Å². The minimum Gasteiger partial charge on any atom is -0.243 e. The molecular weight excluding hydrogens is 645 g/mol. The molecular formula is C49H30N4. The van der Waals surface area contributed by atoms with Crippen LogP contribution < -0.4 is 0 Å². The molecule has 246 valence electrons. The van der Waals surface area contributed by atoms with Crippen LogP contribution >= 0.6 is 0 Å². The van der Waals surface area contributed by atoms with Crippen molar-refractivity contribution in [3.05, 3.63) is 204 Å². The molecule has 4 nitrogen and oxygen atoms in total. The van der Waals surface area contributed by atoms with Crippen molar-refractivity contribution in [2.45, 2.75) is 5.41 Å². The van der Waals surface area contributed by atoms with Crippen molar-refractivity contribution in [2.75, 3.05) is 0 Å². The zero-order chi connectivity index (χ0) is 34.9. The summed E-state index contributed by atoms with van der Waals surface area (Å²) < 4.78 is 0. The number of aromatic nitrogens is 4. The van der Waals surface area contributed by atoms with E-state index in [0.717, 1.165) is 50.0 Å². The predicted molar refractivity (Wildman–Crippen MR) is 213 cm³/mol. The topological polar surface area (TPSA) is 51.6 Å². The second-order valence-electron chi connectivity index (χ2n) is 13.7. The quantitative estimate of drug-likeness (QED) is 0.186. The van der Waals surface area contributed by atoms with E-state index in [1.54, 1.807) is 0 Å². The van der Waals surface area contributed by atoms with Gasteiger partial charge in [-0.1, -0.05) is 182 Å². The summed E-state index contributed by atoms with van der Waals surface area (Å²) in [4.78, 5) is 21.3. The Morgan fingerprint density at radius 3 is 1.40 bits per heavy atom. The first-order valence-corrected chi connectivity index (χ1v) is 18.0. The third-order valence-corrected chi connectivity index (χ3v) is 11.0. The van der Waals surface area contributed by atoms with Gasteiger partial charge in [-0.15, -0.1) is 0 Å². The van der Waals surface area contributed by atoms with Gasteiger partial charge in [0.1, 0.15) is 5.69 Å². The van der Waals surface area contributed by atoms with Crippen LogP contribution in [-0.2, 0) is 5.41 Å². The minimum atomic E-state index is -0.516. The third-order valence-electron chi connectivity index (χ3n) is 11.0. The molecule has 0 amide bonds. The van der Waals surface area contributed by atoms with Crippen LogP contribution in [0.15, 0.2) is 182 Å². The Bertz CT molecular complexity index is 2850. The van der Waals surface area contributed by atoms with Crippen molar-refractivity contribution < 1.29 is 0 Å². The Morgan fingerprint density at radius 2 is 0.736 bits per heavy atom. The van der Waals surface area contributed by atoms with Crippen LogP contribution in [-0.4, -0.2) is 19.9 Å². The molecule has 0 atom stereocenters. The van der Waals surface area contributed by atoms with Gasteiger partial charge in [0.2, 0.25) is 0 Å². The van der Waals surface area contributed by atoms with Crippen LogP contribution in [0.4, 0.5) is 0 Å². The van der Waals surface area contributed by atoms with Gasteiger partial charge in [-0.3, -0.25) is 0 Å². The molecule has 1 spiro atoms. The summed E-state index contributed by atoms with van der Waals surface area (Å²) in [6.45, 7) is 0. The summed E-state index contributed by atoms with van der Waals surface area (Å²) in [5.74, 6) is 1.76. The van der Waals surface area contributed by atoms with Gasteiger partial charge < -0.3 is 0 Å². The molecule has 0 saturated carbocycles. The number of pyridine rings is 1. The Morgan fingerprint density at radius 1 is 0.283 bits per heavy atom. The molecule has 2 aliphatic rings. The maximum absolute atomic E-state index is 5.66. The Labute approximate surface area is 307 Å². The first-order valence-electron chi connectivity index (χ1n) is 18.0. The molecule has 0 aliphatic heterocycles. The van der Waals surface area contributed by atoms with Crippen molar-refractivity contribution in [1.82, 2.24) is 19.9 Å². The third kappa shape index (κ3) is 4.24. The highest BCUT2D eigenvalue weighted by atomic mass is 15.0. The van der Waals surface area contributed by atoms with Crippen molar-refractivity contribution in [3.63, 3.8) is 0 Å². The fraction of sp³-hybridized carbons (Fsp3) is 0.0204. The first kappa shape index (κ1) is 29.7. The number of nitrogens with zero attached hydrogens (tertiary/aromatic N) is 4. The SMILES string of the molecule is c1ccc(-c2nc(-c3ccccc3-c3ccccc3)nc(-c3nc4c(c5ccccc35)C3(c5ccccc5-c5ccccc53)c3ccccc3-4)n2)cc1. The molecule has 0 bridgehead atoms. The van der Waals surface area contributed by atoms with E-state index in [-0.39, 0.29) is 0 Å². The lowest BCUT2D eigenvalue weighted by Gasteiger charge is -2.31. The second-order valence-corrected chi connectivity index (χ2v) is 13.7. The fourth-order valence-corrected chi connectivity index (χ4v) is 8.82. The summed E-state index contributed by atoms with van der Waals surface area (Å²) >= 11 is 0. The molecule has 2 heterocycles. The lowest BCUT2D eigenvalue weighted by atomic mass is 9.69. The number of benzene rings is 7. The van der Waals surface area contributed by atoms with Crippen molar-refractivity contribution >= 4 is 10.8 Å². The summed E-state index contributed by atoms with van der Waals surface area (Å²) in [7, 11) is 0. The average Bonchev–Trinajstić information content (AvgIpc) is 3.71. The Hall–Kier alpha value is -7.04. The van der Waals surface area contributed by atoms with Gasteiger partial charge in [0.15, 0.2) is 17.5 Å². The number of hydrogen-bond donors (Lipinski definition) is 0. The average molecular weight is 675 g/mol. The molecule has 0 saturated heterocycles. The van der Waals surface area contributed by atoms with Gasteiger partial charge in [-0.25, -0.2) is 19.9 Å². The number of hydrogen-bond acceptors (Lipinski definition) is 4. The van der Waals surface area contributed by atoms with Crippen molar-refractivity contribution in [1.29, 1.82) is 0 Å². The van der Waals surface area contributed by atoms with Crippen LogP contribution in [0.2, 0.25) is 0 Å². The molecule has 0 fully saturated rings. The smallest absolute Gasteiger partial charge is 0.183 e. The summed E-state index contributed by atoms with van der Waals surface area (Å²) in [5.41, 5.74) is 13.9. The molecule has 11 rings (SSSR count). The standard InChI is InChI=1S/C49H30N4/c1-3-17-31(18-4-1)33-21-7-10-26-38(33)47-51-46(32-19-5-2-6-20-32)52-48(53-47)45-37-25-9-8-24-36(37)43-44(50-45)39-27-13-16-30-42(39)49(43)40-28-14-11-22-34(40)35-23-12-15-29-41(35)49/h1-30H. The maximum Gasteiger partial charge on any atom is 0.183 e. The minimum absolute atomic E-state index is 0.516. The van der Waals surface area contributed by atoms with Crippen molar-refractivity contribution in [2.24, 2.45) is 0 Å². The van der Waals surface area contributed by atoms with Crippen molar-refractivity contribution in [3.8, 4) is 67.8 Å². The monoisotopic (exact) mass is 674 g/mol. The van der Waals surface area contributed by atoms with Crippen LogP contribution in [0.3, 0.4) is 0 Å². The van der Waals surface area contributed by atoms with E-state index >= 15 is 0 Å². The van der Waals surface area contributed by atoms with E-state index in [4.69, 9.17) is 19.9 Å². The van der Waals surface area contributed by atoms with Gasteiger partial charge in [0.25, 0.3) is 0 Å². The lowest BCUT2D eigenvalue weighted by Crippen LogP contribution is -2.26. The molecule has 0 unspecified atom stereocenters. The number of fused-ring (bicyclic) bond motifs is 12. The van der Waals surface area contributed by atoms with Gasteiger partial charge in [-0.05, 0) is 44.3 Å². The highest BCUT2D eigenvalue weighted by molar-refractivity contribution is 6.06. The van der Waals surface area contributed by atoms with Crippen LogP contribution in [0.25, 0.3) is 78.6 Å². The van der Waals surface area contributed by atoms with Crippen LogP contribution in [0.5, 0.6) is 0 Å². The highest BCUT2D eigenvalue weighted by Gasteiger charge is 2.53. The van der Waals surface area contributed by atoms with Gasteiger partial charge in [0.05, 0.1) is 11.1 Å². The highest BCUT2D eigenvalue weighted by Crippen LogP contribution is 2.63. The number of rotatable bonds is 4. The molecule has 53 heavy (non-hydrogen) atoms. The summed E-state index contributed by atoms with van der Waals surface area (Å²) in [6, 6.07) is 64.1. The lowest BCUT2D eigenvalue weighted by molar-refractivity contribution is 0.799. The maximum atomic E-state index is 5.66. The Balaban J connectivity index is 1.23. The molecule has 2 aromatic heterocycles. The van der Waals surface area contributed by atoms with E-state index in [1.807, 2.05) is 30.3 Å². The van der Waals surface area contributed by atoms with E-state index in [9.17, 15) is 0 Å². The Kier molecular flexibility index (Phi) is 6.43. The zero-order valence-corrected chi connectivity index (χ0v) is 28.6. The van der Waals surface area contributed by atoms with E-state index in [1.165, 1.54) is 33.4 Å². The second kappa shape index (κ2) is 11.5. The van der Waals surface area contributed by atoms with Crippen LogP contribution in [0, 0.1) is 0 Å².